The predicted octanol–water partition coefficient (Wildman–Crippen LogP) is 4.58. The van der Waals surface area contributed by atoms with E-state index in [0.717, 1.165) is 40.7 Å². The lowest BCUT2D eigenvalue weighted by Gasteiger charge is -2.20. The van der Waals surface area contributed by atoms with Gasteiger partial charge in [0.2, 0.25) is 0 Å². The number of nitrogens with zero attached hydrogens (tertiary/aromatic N) is 1. The average Bonchev–Trinajstić information content (AvgIpc) is 2.48. The molecule has 2 aromatic rings. The van der Waals surface area contributed by atoms with Gasteiger partial charge in [0.15, 0.2) is 0 Å². The molecular formula is C17H20BrFN2. The van der Waals surface area contributed by atoms with Crippen LogP contribution in [-0.4, -0.2) is 11.5 Å². The Kier molecular flexibility index (Phi) is 5.88. The molecule has 0 aliphatic rings. The molecule has 1 aromatic heterocycles. The number of pyridine rings is 1. The van der Waals surface area contributed by atoms with Gasteiger partial charge in [0, 0.05) is 22.4 Å². The zero-order chi connectivity index (χ0) is 15.2. The van der Waals surface area contributed by atoms with Crippen LogP contribution in [-0.2, 0) is 6.42 Å². The molecule has 21 heavy (non-hydrogen) atoms. The minimum absolute atomic E-state index is 0.135. The van der Waals surface area contributed by atoms with E-state index >= 15 is 0 Å². The average molecular weight is 351 g/mol. The first kappa shape index (κ1) is 16.1. The van der Waals surface area contributed by atoms with Crippen molar-refractivity contribution in [3.8, 4) is 0 Å². The van der Waals surface area contributed by atoms with Crippen molar-refractivity contribution in [1.82, 2.24) is 10.3 Å². The van der Waals surface area contributed by atoms with E-state index in [0.29, 0.717) is 0 Å². The Morgan fingerprint density at radius 1 is 1.29 bits per heavy atom. The standard InChI is InChI=1S/C17H20BrFN2/c1-3-8-20-17(13-5-4-12(2)21-11-13)10-14-9-15(19)6-7-16(14)18/h4-7,9,11,17,20H,3,8,10H2,1-2H3. The summed E-state index contributed by atoms with van der Waals surface area (Å²) in [6.07, 6.45) is 3.68. The molecule has 0 bridgehead atoms. The van der Waals surface area contributed by atoms with Crippen molar-refractivity contribution in [3.05, 3.63) is 63.6 Å². The van der Waals surface area contributed by atoms with Gasteiger partial charge in [-0.25, -0.2) is 4.39 Å². The van der Waals surface area contributed by atoms with Gasteiger partial charge in [0.25, 0.3) is 0 Å². The molecule has 0 fully saturated rings. The van der Waals surface area contributed by atoms with Gasteiger partial charge < -0.3 is 5.32 Å². The lowest BCUT2D eigenvalue weighted by atomic mass is 9.99. The quantitative estimate of drug-likeness (QED) is 0.824. The largest absolute Gasteiger partial charge is 0.310 e. The van der Waals surface area contributed by atoms with Gasteiger partial charge in [-0.05, 0) is 61.7 Å². The fraction of sp³-hybridized carbons (Fsp3) is 0.353. The summed E-state index contributed by atoms with van der Waals surface area (Å²) in [6, 6.07) is 9.05. The first-order valence-corrected chi connectivity index (χ1v) is 7.99. The maximum Gasteiger partial charge on any atom is 0.123 e. The SMILES string of the molecule is CCCNC(Cc1cc(F)ccc1Br)c1ccc(C)nc1. The van der Waals surface area contributed by atoms with E-state index in [4.69, 9.17) is 0 Å². The Hall–Kier alpha value is -1.26. The third kappa shape index (κ3) is 4.61. The summed E-state index contributed by atoms with van der Waals surface area (Å²) in [6.45, 7) is 5.03. The lowest BCUT2D eigenvalue weighted by Crippen LogP contribution is -2.24. The minimum Gasteiger partial charge on any atom is -0.310 e. The van der Waals surface area contributed by atoms with Gasteiger partial charge in [-0.15, -0.1) is 0 Å². The zero-order valence-corrected chi connectivity index (χ0v) is 14.0. The zero-order valence-electron chi connectivity index (χ0n) is 12.4. The fourth-order valence-corrected chi connectivity index (χ4v) is 2.64. The van der Waals surface area contributed by atoms with Crippen LogP contribution in [0.15, 0.2) is 41.0 Å². The maximum atomic E-state index is 13.5. The molecule has 2 rings (SSSR count). The highest BCUT2D eigenvalue weighted by atomic mass is 79.9. The van der Waals surface area contributed by atoms with Crippen molar-refractivity contribution < 1.29 is 4.39 Å². The number of aryl methyl sites for hydroxylation is 1. The Morgan fingerprint density at radius 2 is 2.10 bits per heavy atom. The minimum atomic E-state index is -0.204. The normalized spacial score (nSPS) is 12.4. The van der Waals surface area contributed by atoms with E-state index in [9.17, 15) is 4.39 Å². The molecule has 1 unspecified atom stereocenters. The summed E-state index contributed by atoms with van der Waals surface area (Å²) >= 11 is 3.50. The van der Waals surface area contributed by atoms with Crippen molar-refractivity contribution in [3.63, 3.8) is 0 Å². The van der Waals surface area contributed by atoms with Crippen LogP contribution in [0.2, 0.25) is 0 Å². The van der Waals surface area contributed by atoms with Crippen molar-refractivity contribution in [2.45, 2.75) is 32.7 Å². The molecule has 1 N–H and O–H groups in total. The number of rotatable bonds is 6. The molecule has 1 heterocycles. The Bertz CT molecular complexity index is 584. The van der Waals surface area contributed by atoms with Crippen molar-refractivity contribution >= 4 is 15.9 Å². The highest BCUT2D eigenvalue weighted by molar-refractivity contribution is 9.10. The molecule has 4 heteroatoms. The molecule has 0 saturated carbocycles. The highest BCUT2D eigenvalue weighted by Gasteiger charge is 2.14. The first-order chi connectivity index (χ1) is 10.1. The van der Waals surface area contributed by atoms with Crippen molar-refractivity contribution in [1.29, 1.82) is 0 Å². The summed E-state index contributed by atoms with van der Waals surface area (Å²) < 4.78 is 14.4. The molecule has 1 atom stereocenters. The fourth-order valence-electron chi connectivity index (χ4n) is 2.23. The molecule has 0 radical (unpaired) electrons. The van der Waals surface area contributed by atoms with Crippen molar-refractivity contribution in [2.75, 3.05) is 6.54 Å². The van der Waals surface area contributed by atoms with Crippen LogP contribution in [0, 0.1) is 12.7 Å². The van der Waals surface area contributed by atoms with E-state index in [1.54, 1.807) is 12.1 Å². The van der Waals surface area contributed by atoms with Gasteiger partial charge in [0.05, 0.1) is 0 Å². The predicted molar refractivity (Wildman–Crippen MR) is 87.8 cm³/mol. The van der Waals surface area contributed by atoms with Gasteiger partial charge in [-0.2, -0.15) is 0 Å². The summed E-state index contributed by atoms with van der Waals surface area (Å²) in [7, 11) is 0. The van der Waals surface area contributed by atoms with Crippen LogP contribution >= 0.6 is 15.9 Å². The van der Waals surface area contributed by atoms with E-state index in [1.165, 1.54) is 6.07 Å². The second-order valence-corrected chi connectivity index (χ2v) is 6.03. The summed E-state index contributed by atoms with van der Waals surface area (Å²) in [5.41, 5.74) is 3.09. The molecule has 112 valence electrons. The topological polar surface area (TPSA) is 24.9 Å². The number of aromatic nitrogens is 1. The van der Waals surface area contributed by atoms with Crippen LogP contribution in [0.5, 0.6) is 0 Å². The van der Waals surface area contributed by atoms with Gasteiger partial charge >= 0.3 is 0 Å². The second-order valence-electron chi connectivity index (χ2n) is 5.18. The van der Waals surface area contributed by atoms with Crippen LogP contribution in [0.25, 0.3) is 0 Å². The van der Waals surface area contributed by atoms with Gasteiger partial charge in [0.1, 0.15) is 5.82 Å². The van der Waals surface area contributed by atoms with Crippen LogP contribution < -0.4 is 5.32 Å². The third-order valence-electron chi connectivity index (χ3n) is 3.41. The van der Waals surface area contributed by atoms with E-state index in [1.807, 2.05) is 19.2 Å². The molecule has 0 saturated heterocycles. The molecule has 0 amide bonds. The molecule has 0 aliphatic carbocycles. The molecule has 2 nitrogen and oxygen atoms in total. The number of nitrogens with one attached hydrogen (secondary N) is 1. The maximum absolute atomic E-state index is 13.5. The number of hydrogen-bond donors (Lipinski definition) is 1. The summed E-state index contributed by atoms with van der Waals surface area (Å²) in [5, 5.41) is 3.52. The first-order valence-electron chi connectivity index (χ1n) is 7.20. The van der Waals surface area contributed by atoms with Crippen LogP contribution in [0.3, 0.4) is 0 Å². The lowest BCUT2D eigenvalue weighted by molar-refractivity contribution is 0.525. The second kappa shape index (κ2) is 7.66. The summed E-state index contributed by atoms with van der Waals surface area (Å²) in [4.78, 5) is 4.36. The Balaban J connectivity index is 2.23. The Morgan fingerprint density at radius 3 is 2.76 bits per heavy atom. The number of halogens is 2. The van der Waals surface area contributed by atoms with E-state index in [-0.39, 0.29) is 11.9 Å². The number of hydrogen-bond acceptors (Lipinski definition) is 2. The van der Waals surface area contributed by atoms with Gasteiger partial charge in [-0.3, -0.25) is 4.98 Å². The summed E-state index contributed by atoms with van der Waals surface area (Å²) in [5.74, 6) is -0.204. The van der Waals surface area contributed by atoms with Crippen molar-refractivity contribution in [2.24, 2.45) is 0 Å². The van der Waals surface area contributed by atoms with Crippen LogP contribution in [0.1, 0.15) is 36.2 Å². The third-order valence-corrected chi connectivity index (χ3v) is 4.18. The van der Waals surface area contributed by atoms with Crippen LogP contribution in [0.4, 0.5) is 4.39 Å². The van der Waals surface area contributed by atoms with E-state index in [2.05, 4.69) is 39.2 Å². The molecular weight excluding hydrogens is 331 g/mol. The number of benzene rings is 1. The molecule has 1 aromatic carbocycles. The molecule has 0 aliphatic heterocycles. The monoisotopic (exact) mass is 350 g/mol. The smallest absolute Gasteiger partial charge is 0.123 e. The van der Waals surface area contributed by atoms with E-state index < -0.39 is 0 Å². The van der Waals surface area contributed by atoms with Gasteiger partial charge in [-0.1, -0.05) is 28.9 Å². The Labute approximate surface area is 133 Å². The highest BCUT2D eigenvalue weighted by Crippen LogP contribution is 2.24. The molecule has 0 spiro atoms.